The standard InChI is InChI=1S/C21H26N2O4S/c1-21(2,3)27-20(25)22-13-14-28-15-19(24)23-16-9-11-18(12-10-16)26-17-7-5-4-6-8-17/h4-12H,13-15H2,1-3H3,(H,22,25)(H,23,24). The molecule has 2 N–H and O–H groups in total. The number of para-hydroxylation sites is 1. The molecule has 0 atom stereocenters. The van der Waals surface area contributed by atoms with E-state index in [1.165, 1.54) is 11.8 Å². The maximum Gasteiger partial charge on any atom is 0.407 e. The first kappa shape index (κ1) is 21.6. The smallest absolute Gasteiger partial charge is 0.407 e. The van der Waals surface area contributed by atoms with Crippen LogP contribution in [0.25, 0.3) is 0 Å². The number of alkyl carbamates (subject to hydrolysis) is 1. The van der Waals surface area contributed by atoms with Crippen LogP contribution in [0.3, 0.4) is 0 Å². The van der Waals surface area contributed by atoms with Crippen molar-refractivity contribution in [3.8, 4) is 11.5 Å². The number of thioether (sulfide) groups is 1. The number of hydrogen-bond donors (Lipinski definition) is 2. The highest BCUT2D eigenvalue weighted by Gasteiger charge is 2.15. The maximum atomic E-state index is 12.0. The molecule has 0 saturated carbocycles. The lowest BCUT2D eigenvalue weighted by molar-refractivity contribution is -0.113. The Morgan fingerprint density at radius 2 is 1.61 bits per heavy atom. The second-order valence-electron chi connectivity index (χ2n) is 6.97. The Kier molecular flexibility index (Phi) is 8.19. The number of nitrogens with one attached hydrogen (secondary N) is 2. The number of rotatable bonds is 8. The van der Waals surface area contributed by atoms with E-state index in [2.05, 4.69) is 10.6 Å². The average Bonchev–Trinajstić information content (AvgIpc) is 2.62. The molecule has 2 rings (SSSR count). The van der Waals surface area contributed by atoms with Crippen molar-refractivity contribution in [2.24, 2.45) is 0 Å². The number of carbonyl (C=O) groups excluding carboxylic acids is 2. The molecular weight excluding hydrogens is 376 g/mol. The molecule has 0 spiro atoms. The summed E-state index contributed by atoms with van der Waals surface area (Å²) in [6.45, 7) is 5.88. The number of ether oxygens (including phenoxy) is 2. The van der Waals surface area contributed by atoms with Gasteiger partial charge in [-0.25, -0.2) is 4.79 Å². The van der Waals surface area contributed by atoms with Crippen molar-refractivity contribution in [1.29, 1.82) is 0 Å². The molecule has 0 aliphatic rings. The van der Waals surface area contributed by atoms with Crippen molar-refractivity contribution in [3.63, 3.8) is 0 Å². The molecule has 0 aromatic heterocycles. The minimum atomic E-state index is -0.515. The first-order chi connectivity index (χ1) is 13.3. The van der Waals surface area contributed by atoms with Gasteiger partial charge in [-0.05, 0) is 57.2 Å². The molecule has 0 aliphatic carbocycles. The zero-order valence-electron chi connectivity index (χ0n) is 16.4. The third-order valence-electron chi connectivity index (χ3n) is 3.26. The van der Waals surface area contributed by atoms with Gasteiger partial charge in [-0.3, -0.25) is 4.79 Å². The molecule has 6 nitrogen and oxygen atoms in total. The molecule has 150 valence electrons. The molecule has 28 heavy (non-hydrogen) atoms. The van der Waals surface area contributed by atoms with Crippen molar-refractivity contribution in [1.82, 2.24) is 5.32 Å². The summed E-state index contributed by atoms with van der Waals surface area (Å²) in [4.78, 5) is 23.5. The van der Waals surface area contributed by atoms with Gasteiger partial charge in [-0.2, -0.15) is 11.8 Å². The van der Waals surface area contributed by atoms with Crippen molar-refractivity contribution >= 4 is 29.4 Å². The SMILES string of the molecule is CC(C)(C)OC(=O)NCCSCC(=O)Nc1ccc(Oc2ccccc2)cc1. The molecule has 2 amide bonds. The summed E-state index contributed by atoms with van der Waals surface area (Å²) < 4.78 is 10.9. The van der Waals surface area contributed by atoms with E-state index in [4.69, 9.17) is 9.47 Å². The zero-order valence-corrected chi connectivity index (χ0v) is 17.2. The highest BCUT2D eigenvalue weighted by molar-refractivity contribution is 7.99. The third kappa shape index (κ3) is 8.81. The molecule has 2 aromatic rings. The monoisotopic (exact) mass is 402 g/mol. The van der Waals surface area contributed by atoms with Gasteiger partial charge in [-0.15, -0.1) is 0 Å². The largest absolute Gasteiger partial charge is 0.457 e. The van der Waals surface area contributed by atoms with Crippen molar-refractivity contribution in [3.05, 3.63) is 54.6 Å². The number of anilines is 1. The summed E-state index contributed by atoms with van der Waals surface area (Å²) >= 11 is 1.44. The van der Waals surface area contributed by atoms with Gasteiger partial charge in [0.2, 0.25) is 5.91 Å². The lowest BCUT2D eigenvalue weighted by atomic mass is 10.2. The highest BCUT2D eigenvalue weighted by Crippen LogP contribution is 2.22. The van der Waals surface area contributed by atoms with Crippen LogP contribution in [0.2, 0.25) is 0 Å². The van der Waals surface area contributed by atoms with Crippen LogP contribution in [0.15, 0.2) is 54.6 Å². The molecule has 0 unspecified atom stereocenters. The van der Waals surface area contributed by atoms with E-state index in [-0.39, 0.29) is 5.91 Å². The van der Waals surface area contributed by atoms with E-state index in [0.29, 0.717) is 29.5 Å². The van der Waals surface area contributed by atoms with Crippen LogP contribution in [0.5, 0.6) is 11.5 Å². The molecule has 2 aromatic carbocycles. The van der Waals surface area contributed by atoms with E-state index in [1.807, 2.05) is 51.1 Å². The van der Waals surface area contributed by atoms with Crippen LogP contribution in [0, 0.1) is 0 Å². The van der Waals surface area contributed by atoms with Gasteiger partial charge in [0.15, 0.2) is 0 Å². The van der Waals surface area contributed by atoms with E-state index in [9.17, 15) is 9.59 Å². The van der Waals surface area contributed by atoms with Crippen molar-refractivity contribution in [2.75, 3.05) is 23.4 Å². The molecule has 0 heterocycles. The predicted molar refractivity (Wildman–Crippen MR) is 113 cm³/mol. The normalized spacial score (nSPS) is 10.8. The van der Waals surface area contributed by atoms with Crippen LogP contribution in [0.1, 0.15) is 20.8 Å². The van der Waals surface area contributed by atoms with Crippen LogP contribution in [-0.4, -0.2) is 35.7 Å². The van der Waals surface area contributed by atoms with Gasteiger partial charge in [0.05, 0.1) is 5.75 Å². The first-order valence-electron chi connectivity index (χ1n) is 8.99. The van der Waals surface area contributed by atoms with Crippen LogP contribution in [0.4, 0.5) is 10.5 Å². The lowest BCUT2D eigenvalue weighted by Crippen LogP contribution is -2.33. The summed E-state index contributed by atoms with van der Waals surface area (Å²) in [5, 5.41) is 5.50. The molecule has 0 fully saturated rings. The minimum absolute atomic E-state index is 0.0982. The zero-order chi connectivity index (χ0) is 20.4. The molecular formula is C21H26N2O4S. The van der Waals surface area contributed by atoms with E-state index >= 15 is 0 Å². The van der Waals surface area contributed by atoms with Gasteiger partial charge < -0.3 is 20.1 Å². The van der Waals surface area contributed by atoms with Crippen LogP contribution in [-0.2, 0) is 9.53 Å². The Bertz CT molecular complexity index is 758. The molecule has 0 aliphatic heterocycles. The number of carbonyl (C=O) groups is 2. The summed E-state index contributed by atoms with van der Waals surface area (Å²) in [6.07, 6.45) is -0.449. The summed E-state index contributed by atoms with van der Waals surface area (Å²) in [6, 6.07) is 16.7. The quantitative estimate of drug-likeness (QED) is 0.627. The molecule has 0 saturated heterocycles. The van der Waals surface area contributed by atoms with Crippen molar-refractivity contribution < 1.29 is 19.1 Å². The Morgan fingerprint density at radius 3 is 2.25 bits per heavy atom. The van der Waals surface area contributed by atoms with E-state index < -0.39 is 11.7 Å². The van der Waals surface area contributed by atoms with E-state index in [0.717, 1.165) is 5.75 Å². The predicted octanol–water partition coefficient (Wildman–Crippen LogP) is 4.68. The van der Waals surface area contributed by atoms with Crippen LogP contribution >= 0.6 is 11.8 Å². The van der Waals surface area contributed by atoms with Crippen molar-refractivity contribution in [2.45, 2.75) is 26.4 Å². The van der Waals surface area contributed by atoms with Gasteiger partial charge in [0, 0.05) is 18.0 Å². The Balaban J connectivity index is 1.64. The van der Waals surface area contributed by atoms with Gasteiger partial charge in [-0.1, -0.05) is 18.2 Å². The first-order valence-corrected chi connectivity index (χ1v) is 10.1. The number of benzene rings is 2. The molecule has 7 heteroatoms. The Hall–Kier alpha value is -2.67. The summed E-state index contributed by atoms with van der Waals surface area (Å²) in [7, 11) is 0. The summed E-state index contributed by atoms with van der Waals surface area (Å²) in [5.74, 6) is 2.29. The lowest BCUT2D eigenvalue weighted by Gasteiger charge is -2.19. The second kappa shape index (κ2) is 10.6. The summed E-state index contributed by atoms with van der Waals surface area (Å²) in [5.41, 5.74) is 0.191. The highest BCUT2D eigenvalue weighted by atomic mass is 32.2. The second-order valence-corrected chi connectivity index (χ2v) is 8.07. The fraction of sp³-hybridized carbons (Fsp3) is 0.333. The third-order valence-corrected chi connectivity index (χ3v) is 4.22. The topological polar surface area (TPSA) is 76.7 Å². The minimum Gasteiger partial charge on any atom is -0.457 e. The number of amides is 2. The fourth-order valence-electron chi connectivity index (χ4n) is 2.13. The van der Waals surface area contributed by atoms with Gasteiger partial charge in [0.25, 0.3) is 0 Å². The van der Waals surface area contributed by atoms with Gasteiger partial charge >= 0.3 is 6.09 Å². The number of hydrogen-bond acceptors (Lipinski definition) is 5. The average molecular weight is 403 g/mol. The molecule has 0 radical (unpaired) electrons. The fourth-order valence-corrected chi connectivity index (χ4v) is 2.78. The molecule has 0 bridgehead atoms. The van der Waals surface area contributed by atoms with E-state index in [1.54, 1.807) is 24.3 Å². The Labute approximate surface area is 170 Å². The Morgan fingerprint density at radius 1 is 0.964 bits per heavy atom. The van der Waals surface area contributed by atoms with Gasteiger partial charge in [0.1, 0.15) is 17.1 Å². The maximum absolute atomic E-state index is 12.0. The van der Waals surface area contributed by atoms with Crippen LogP contribution < -0.4 is 15.4 Å².